The van der Waals surface area contributed by atoms with Crippen LogP contribution in [0.3, 0.4) is 0 Å². The summed E-state index contributed by atoms with van der Waals surface area (Å²) in [4.78, 5) is 27.4. The van der Waals surface area contributed by atoms with Gasteiger partial charge >= 0.3 is 6.18 Å². The summed E-state index contributed by atoms with van der Waals surface area (Å²) in [5, 5.41) is 0. The maximum Gasteiger partial charge on any atom is 0.430 e. The SMILES string of the molecule is COc1ncnc(C2CC2)c1-c1ncc2nc(C(C)C)n(Cc3ccc(N=C(C)/C=C(\N)C(F)(F)F)cc3)c2n1. The predicted molar refractivity (Wildman–Crippen MR) is 146 cm³/mol. The molecule has 1 aliphatic rings. The molecule has 0 spiro atoms. The summed E-state index contributed by atoms with van der Waals surface area (Å²) in [6, 6.07) is 7.25. The topological polar surface area (TPSA) is 117 Å². The third kappa shape index (κ3) is 5.65. The van der Waals surface area contributed by atoms with Gasteiger partial charge in [0.25, 0.3) is 0 Å². The minimum atomic E-state index is -4.59. The Morgan fingerprint density at radius 3 is 2.50 bits per heavy atom. The van der Waals surface area contributed by atoms with E-state index in [9.17, 15) is 13.2 Å². The Bertz CT molecular complexity index is 1600. The fraction of sp³-hybridized carbons (Fsp3) is 0.357. The Morgan fingerprint density at radius 1 is 1.15 bits per heavy atom. The molecule has 0 amide bonds. The fourth-order valence-electron chi connectivity index (χ4n) is 4.47. The van der Waals surface area contributed by atoms with Crippen LogP contribution in [0, 0.1) is 0 Å². The maximum atomic E-state index is 12.7. The Balaban J connectivity index is 1.50. The Labute approximate surface area is 229 Å². The van der Waals surface area contributed by atoms with Gasteiger partial charge in [-0.2, -0.15) is 13.2 Å². The molecule has 208 valence electrons. The van der Waals surface area contributed by atoms with E-state index in [1.165, 1.54) is 13.3 Å². The summed E-state index contributed by atoms with van der Waals surface area (Å²) >= 11 is 0. The van der Waals surface area contributed by atoms with Crippen LogP contribution in [0.15, 0.2) is 53.6 Å². The molecule has 0 atom stereocenters. The molecular weight excluding hydrogens is 521 g/mol. The number of imidazole rings is 1. The molecule has 0 bridgehead atoms. The van der Waals surface area contributed by atoms with Gasteiger partial charge in [-0.1, -0.05) is 26.0 Å². The number of halogens is 3. The lowest BCUT2D eigenvalue weighted by molar-refractivity contribution is -0.0925. The van der Waals surface area contributed by atoms with Gasteiger partial charge in [0.2, 0.25) is 5.88 Å². The van der Waals surface area contributed by atoms with E-state index >= 15 is 0 Å². The predicted octanol–water partition coefficient (Wildman–Crippen LogP) is 5.84. The molecule has 4 aromatic rings. The molecule has 1 fully saturated rings. The highest BCUT2D eigenvalue weighted by Crippen LogP contribution is 2.45. The molecule has 0 saturated heterocycles. The van der Waals surface area contributed by atoms with Crippen LogP contribution in [-0.2, 0) is 6.54 Å². The number of hydrogen-bond acceptors (Lipinski definition) is 8. The number of nitrogens with zero attached hydrogens (tertiary/aromatic N) is 7. The number of aliphatic imine (C=N–C) groups is 1. The van der Waals surface area contributed by atoms with Crippen molar-refractivity contribution in [1.29, 1.82) is 0 Å². The summed E-state index contributed by atoms with van der Waals surface area (Å²) in [7, 11) is 1.57. The van der Waals surface area contributed by atoms with Crippen LogP contribution < -0.4 is 10.5 Å². The largest absolute Gasteiger partial charge is 0.480 e. The van der Waals surface area contributed by atoms with Crippen LogP contribution >= 0.6 is 0 Å². The van der Waals surface area contributed by atoms with Crippen molar-refractivity contribution in [3.63, 3.8) is 0 Å². The molecule has 1 aromatic carbocycles. The lowest BCUT2D eigenvalue weighted by atomic mass is 10.1. The average Bonchev–Trinajstić information content (AvgIpc) is 3.70. The summed E-state index contributed by atoms with van der Waals surface area (Å²) in [5.74, 6) is 2.23. The van der Waals surface area contributed by atoms with Gasteiger partial charge < -0.3 is 15.0 Å². The van der Waals surface area contributed by atoms with E-state index in [2.05, 4.69) is 38.4 Å². The molecule has 1 saturated carbocycles. The maximum absolute atomic E-state index is 12.7. The second-order valence-electron chi connectivity index (χ2n) is 10.0. The Morgan fingerprint density at radius 2 is 1.88 bits per heavy atom. The van der Waals surface area contributed by atoms with Crippen molar-refractivity contribution >= 4 is 22.6 Å². The molecule has 0 radical (unpaired) electrons. The van der Waals surface area contributed by atoms with Crippen molar-refractivity contribution in [2.75, 3.05) is 7.11 Å². The van der Waals surface area contributed by atoms with E-state index < -0.39 is 11.9 Å². The van der Waals surface area contributed by atoms with Crippen molar-refractivity contribution in [2.45, 2.75) is 58.2 Å². The number of benzene rings is 1. The van der Waals surface area contributed by atoms with E-state index in [4.69, 9.17) is 20.4 Å². The number of hydrogen-bond donors (Lipinski definition) is 1. The Hall–Kier alpha value is -4.35. The summed E-state index contributed by atoms with van der Waals surface area (Å²) in [5.41, 5.74) is 8.46. The number of alkyl halides is 3. The van der Waals surface area contributed by atoms with Crippen LogP contribution in [0.5, 0.6) is 5.88 Å². The highest BCUT2D eigenvalue weighted by molar-refractivity contribution is 5.95. The molecule has 3 aromatic heterocycles. The molecule has 12 heteroatoms. The van der Waals surface area contributed by atoms with Gasteiger partial charge in [0, 0.05) is 17.5 Å². The standard InChI is InChI=1S/C28H29F3N8O/c1-15(2)25-37-20-12-33-24(22-23(18-7-8-18)34-14-35-27(22)40-4)38-26(20)39(25)13-17-5-9-19(10-6-17)36-16(3)11-21(32)28(29,30)31/h5-6,9-12,14-15,18H,7-8,13,32H2,1-4H3/b21-11-,36-16?. The highest BCUT2D eigenvalue weighted by atomic mass is 19.4. The van der Waals surface area contributed by atoms with Gasteiger partial charge in [-0.3, -0.25) is 4.99 Å². The van der Waals surface area contributed by atoms with Crippen LogP contribution in [0.4, 0.5) is 18.9 Å². The van der Waals surface area contributed by atoms with E-state index in [1.807, 2.05) is 12.1 Å². The molecule has 9 nitrogen and oxygen atoms in total. The van der Waals surface area contributed by atoms with Crippen LogP contribution in [0.1, 0.15) is 62.5 Å². The van der Waals surface area contributed by atoms with E-state index in [1.54, 1.807) is 25.4 Å². The number of aromatic nitrogens is 6. The van der Waals surface area contributed by atoms with Gasteiger partial charge in [-0.15, -0.1) is 0 Å². The van der Waals surface area contributed by atoms with Gasteiger partial charge in [0.05, 0.1) is 31.2 Å². The minimum absolute atomic E-state index is 0.117. The average molecular weight is 551 g/mol. The van der Waals surface area contributed by atoms with Gasteiger partial charge in [-0.05, 0) is 43.5 Å². The van der Waals surface area contributed by atoms with Crippen molar-refractivity contribution in [2.24, 2.45) is 10.7 Å². The quantitative estimate of drug-likeness (QED) is 0.274. The molecule has 2 N–H and O–H groups in total. The molecule has 3 heterocycles. The summed E-state index contributed by atoms with van der Waals surface area (Å²) in [6.07, 6.45) is 1.55. The van der Waals surface area contributed by atoms with E-state index in [0.717, 1.165) is 36.0 Å². The smallest absolute Gasteiger partial charge is 0.430 e. The third-order valence-electron chi connectivity index (χ3n) is 6.53. The molecule has 40 heavy (non-hydrogen) atoms. The number of allylic oxidation sites excluding steroid dienone is 2. The van der Waals surface area contributed by atoms with E-state index in [-0.39, 0.29) is 11.6 Å². The van der Waals surface area contributed by atoms with Crippen molar-refractivity contribution in [3.8, 4) is 17.3 Å². The van der Waals surface area contributed by atoms with Crippen molar-refractivity contribution in [1.82, 2.24) is 29.5 Å². The number of ether oxygens (including phenoxy) is 1. The highest BCUT2D eigenvalue weighted by Gasteiger charge is 2.32. The molecule has 5 rings (SSSR count). The van der Waals surface area contributed by atoms with Crippen LogP contribution in [0.25, 0.3) is 22.6 Å². The number of nitrogens with two attached hydrogens (primary N) is 1. The molecule has 0 aliphatic heterocycles. The normalized spacial score (nSPS) is 14.8. The Kier molecular flexibility index (Phi) is 7.26. The van der Waals surface area contributed by atoms with Gasteiger partial charge in [0.15, 0.2) is 11.5 Å². The first-order valence-electron chi connectivity index (χ1n) is 12.9. The molecule has 1 aliphatic carbocycles. The number of rotatable bonds is 8. The van der Waals surface area contributed by atoms with Crippen LogP contribution in [-0.4, -0.2) is 48.5 Å². The molecular formula is C28H29F3N8O. The number of fused-ring (bicyclic) bond motifs is 1. The van der Waals surface area contributed by atoms with Crippen LogP contribution in [0.2, 0.25) is 0 Å². The minimum Gasteiger partial charge on any atom is -0.480 e. The van der Waals surface area contributed by atoms with Gasteiger partial charge in [-0.25, -0.2) is 24.9 Å². The first-order valence-corrected chi connectivity index (χ1v) is 12.9. The summed E-state index contributed by atoms with van der Waals surface area (Å²) < 4.78 is 45.8. The second-order valence-corrected chi connectivity index (χ2v) is 10.0. The van der Waals surface area contributed by atoms with Crippen molar-refractivity contribution < 1.29 is 17.9 Å². The van der Waals surface area contributed by atoms with Crippen molar-refractivity contribution in [3.05, 3.63) is 65.6 Å². The zero-order valence-corrected chi connectivity index (χ0v) is 22.6. The third-order valence-corrected chi connectivity index (χ3v) is 6.53. The number of methoxy groups -OCH3 is 1. The molecule has 0 unspecified atom stereocenters. The fourth-order valence-corrected chi connectivity index (χ4v) is 4.47. The zero-order chi connectivity index (χ0) is 28.6. The van der Waals surface area contributed by atoms with E-state index in [0.29, 0.717) is 46.6 Å². The summed E-state index contributed by atoms with van der Waals surface area (Å²) in [6.45, 7) is 6.07. The monoisotopic (exact) mass is 550 g/mol. The van der Waals surface area contributed by atoms with Gasteiger partial charge in [0.1, 0.15) is 28.9 Å². The lowest BCUT2D eigenvalue weighted by Crippen LogP contribution is -2.20. The first-order chi connectivity index (χ1) is 19.0. The first kappa shape index (κ1) is 27.2. The second kappa shape index (κ2) is 10.7. The zero-order valence-electron chi connectivity index (χ0n) is 22.6. The lowest BCUT2D eigenvalue weighted by Gasteiger charge is -2.13.